The number of aliphatic carboxylic acids is 3. The van der Waals surface area contributed by atoms with Gasteiger partial charge in [-0.3, -0.25) is 0 Å². The number of hydrogen-bond donors (Lipinski definition) is 0. The van der Waals surface area contributed by atoms with Crippen molar-refractivity contribution in [2.45, 2.75) is 166 Å². The molecule has 0 aliphatic carbocycles. The molecule has 0 aromatic carbocycles. The van der Waals surface area contributed by atoms with Gasteiger partial charge in [-0.15, -0.1) is 46.2 Å². The molecule has 17 heteroatoms. The summed E-state index contributed by atoms with van der Waals surface area (Å²) in [6.45, 7) is 43.6. The van der Waals surface area contributed by atoms with Crippen molar-refractivity contribution in [2.24, 2.45) is 37.9 Å². The fourth-order valence-electron chi connectivity index (χ4n) is 0. The molecule has 0 unspecified atom stereocenters. The second-order valence-electron chi connectivity index (χ2n) is 20.4. The van der Waals surface area contributed by atoms with Crippen molar-refractivity contribution in [1.29, 1.82) is 0 Å². The summed E-state index contributed by atoms with van der Waals surface area (Å²) in [5, 5.41) is 96.3. The number of carbonyl (C=O) groups is 3. The van der Waals surface area contributed by atoms with E-state index in [1.165, 1.54) is 0 Å². The number of rotatable bonds is 0. The summed E-state index contributed by atoms with van der Waals surface area (Å²) in [7, 11) is 0. The molecule has 0 saturated heterocycles. The Bertz CT molecular complexity index is 618. The summed E-state index contributed by atoms with van der Waals surface area (Å²) in [4.78, 5) is 26.7. The Kier molecular flexibility index (Phi) is 90.9. The van der Waals surface area contributed by atoms with E-state index in [2.05, 4.69) is 0 Å². The van der Waals surface area contributed by atoms with Crippen LogP contribution in [0.2, 0.25) is 0 Å². The number of carbonyl (C=O) groups excluding carboxylic acids is 3. The molecule has 0 heterocycles. The summed E-state index contributed by atoms with van der Waals surface area (Å²) in [5.74, 6) is -3.25. The molecule has 0 bridgehead atoms. The van der Waals surface area contributed by atoms with Crippen molar-refractivity contribution in [1.82, 2.24) is 0 Å². The summed E-state index contributed by atoms with van der Waals surface area (Å²) in [6.07, 6.45) is 0. The van der Waals surface area contributed by atoms with Crippen LogP contribution >= 0.6 is 0 Å². The van der Waals surface area contributed by atoms with Crippen LogP contribution in [0, 0.1) is 37.9 Å². The van der Waals surface area contributed by atoms with E-state index in [1.54, 1.807) is 0 Å². The Morgan fingerprint density at radius 3 is 0.293 bits per heavy atom. The monoisotopic (exact) mass is 1070 g/mol. The van der Waals surface area contributed by atoms with Crippen LogP contribution in [0.3, 0.4) is 0 Å². The van der Waals surface area contributed by atoms with Gasteiger partial charge in [0.1, 0.15) is 0 Å². The van der Waals surface area contributed by atoms with Crippen LogP contribution in [0.25, 0.3) is 0 Å². The molecule has 0 rings (SSSR count). The third kappa shape index (κ3) is 373. The van der Waals surface area contributed by atoms with Crippen LogP contribution in [-0.4, -0.2) is 64.2 Å². The van der Waals surface area contributed by atoms with Crippen molar-refractivity contribution < 1.29 is 150 Å². The molecule has 346 valence electrons. The first-order valence-corrected chi connectivity index (χ1v) is 17.7. The maximum Gasteiger partial charge on any atom is 4.00 e. The molecule has 58 heavy (non-hydrogen) atoms. The van der Waals surface area contributed by atoms with Gasteiger partial charge >= 0.3 is 78.6 Å². The molecular formula is C41H86O14Zr3. The van der Waals surface area contributed by atoms with Gasteiger partial charge in [0, 0.05) is 17.9 Å². The summed E-state index contributed by atoms with van der Waals surface area (Å²) >= 11 is 0. The van der Waals surface area contributed by atoms with E-state index in [0.717, 1.165) is 20.8 Å². The van der Waals surface area contributed by atoms with E-state index in [-0.39, 0.29) is 168 Å². The molecule has 0 aliphatic rings. The van der Waals surface area contributed by atoms with E-state index < -0.39 is 17.9 Å². The van der Waals surface area contributed by atoms with E-state index >= 15 is 0 Å². The molecular weight excluding hydrogens is 990 g/mol. The largest absolute Gasteiger partial charge is 4.00 e. The summed E-state index contributed by atoms with van der Waals surface area (Å²) in [5.41, 5.74) is -0.0972. The Morgan fingerprint density at radius 1 is 0.276 bits per heavy atom. The molecule has 0 fully saturated rings. The van der Waals surface area contributed by atoms with Gasteiger partial charge < -0.3 is 70.9 Å². The van der Waals surface area contributed by atoms with Crippen LogP contribution in [-0.2, 0) is 98.5 Å². The van der Waals surface area contributed by atoms with E-state index in [9.17, 15) is 35.7 Å². The third-order valence-corrected chi connectivity index (χ3v) is 3.03. The number of carboxylic acids is 3. The minimum atomic E-state index is -1.08. The van der Waals surface area contributed by atoms with Crippen LogP contribution in [0.5, 0.6) is 0 Å². The maximum absolute atomic E-state index is 9.95. The van der Waals surface area contributed by atoms with Gasteiger partial charge in [-0.1, -0.05) is 183 Å². The standard InChI is InChI=1S/7C5H11O.3C2H4O2.O.3Zr/c7*1-5(2,3)4-6;3*1-2(3)4;;;;/h7*4H2,1-3H3;3*1H3,(H,3,4);;;;/q7*-1;;;;-2;3*+4/p-3. The Labute approximate surface area is 414 Å². The summed E-state index contributed by atoms with van der Waals surface area (Å²) < 4.78 is 0. The first kappa shape index (κ1) is 97.8. The minimum Gasteiger partial charge on any atom is -2.00 e. The van der Waals surface area contributed by atoms with Crippen molar-refractivity contribution in [3.05, 3.63) is 0 Å². The molecule has 0 saturated carbocycles. The van der Waals surface area contributed by atoms with E-state index in [4.69, 9.17) is 29.7 Å². The van der Waals surface area contributed by atoms with Gasteiger partial charge in [-0.25, -0.2) is 0 Å². The minimum absolute atomic E-state index is 0. The predicted molar refractivity (Wildman–Crippen MR) is 203 cm³/mol. The summed E-state index contributed by atoms with van der Waals surface area (Å²) in [6, 6.07) is 0. The zero-order chi connectivity index (χ0) is 47.2. The van der Waals surface area contributed by atoms with Crippen LogP contribution in [0.4, 0.5) is 0 Å². The van der Waals surface area contributed by atoms with Gasteiger partial charge in [0.15, 0.2) is 0 Å². The van der Waals surface area contributed by atoms with Crippen LogP contribution in [0.15, 0.2) is 0 Å². The van der Waals surface area contributed by atoms with Gasteiger partial charge in [0.05, 0.1) is 0 Å². The second kappa shape index (κ2) is 53.9. The molecule has 0 N–H and O–H groups in total. The number of carboxylic acid groups (broad SMARTS) is 3. The van der Waals surface area contributed by atoms with Crippen molar-refractivity contribution in [3.63, 3.8) is 0 Å². The van der Waals surface area contributed by atoms with Crippen molar-refractivity contribution in [3.8, 4) is 0 Å². The second-order valence-corrected chi connectivity index (χ2v) is 20.4. The SMILES string of the molecule is CC(=O)[O-].CC(=O)[O-].CC(=O)[O-].CC(C)(C)C[O-].CC(C)(C)C[O-].CC(C)(C)C[O-].CC(C)(C)C[O-].CC(C)(C)C[O-].CC(C)(C)C[O-].CC(C)(C)C[O-].[O-2].[Zr+4].[Zr+4].[Zr+4]. The molecule has 0 spiro atoms. The van der Waals surface area contributed by atoms with Crippen molar-refractivity contribution in [2.75, 3.05) is 46.2 Å². The first-order chi connectivity index (χ1) is 23.1. The molecule has 0 aromatic rings. The van der Waals surface area contributed by atoms with Gasteiger partial charge in [-0.2, -0.15) is 0 Å². The third-order valence-electron chi connectivity index (χ3n) is 3.03. The molecule has 0 radical (unpaired) electrons. The van der Waals surface area contributed by atoms with E-state index in [1.807, 2.05) is 145 Å². The fraction of sp³-hybridized carbons (Fsp3) is 0.927. The molecule has 0 aliphatic heterocycles. The topological polar surface area (TPSA) is 310 Å². The Hall–Kier alpha value is 0.739. The Balaban J connectivity index is -0.0000000308. The smallest absolute Gasteiger partial charge is 2.00 e. The van der Waals surface area contributed by atoms with Crippen molar-refractivity contribution >= 4 is 17.9 Å². The average Bonchev–Trinajstić information content (AvgIpc) is 2.91. The van der Waals surface area contributed by atoms with Gasteiger partial charge in [-0.05, 0) is 20.8 Å². The zero-order valence-corrected chi connectivity index (χ0v) is 48.5. The molecule has 0 amide bonds. The van der Waals surface area contributed by atoms with Crippen LogP contribution in [0.1, 0.15) is 166 Å². The van der Waals surface area contributed by atoms with Gasteiger partial charge in [0.2, 0.25) is 0 Å². The molecule has 0 atom stereocenters. The average molecular weight is 1080 g/mol. The quantitative estimate of drug-likeness (QED) is 0.278. The number of hydrogen-bond acceptors (Lipinski definition) is 13. The Morgan fingerprint density at radius 2 is 0.293 bits per heavy atom. The predicted octanol–water partition coefficient (Wildman–Crippen LogP) is -1.11. The molecule has 0 aromatic heterocycles. The van der Waals surface area contributed by atoms with Crippen LogP contribution < -0.4 is 51.1 Å². The fourth-order valence-corrected chi connectivity index (χ4v) is 0. The molecule has 14 nitrogen and oxygen atoms in total. The van der Waals surface area contributed by atoms with E-state index in [0.29, 0.717) is 0 Å². The normalized spacial score (nSPS) is 9.98. The first-order valence-electron chi connectivity index (χ1n) is 17.7. The zero-order valence-electron chi connectivity index (χ0n) is 41.2. The maximum atomic E-state index is 9.95. The van der Waals surface area contributed by atoms with Gasteiger partial charge in [0.25, 0.3) is 0 Å².